The van der Waals surface area contributed by atoms with E-state index in [2.05, 4.69) is 109 Å². The first kappa shape index (κ1) is 26.3. The molecule has 0 radical (unpaired) electrons. The van der Waals surface area contributed by atoms with Crippen molar-refractivity contribution < 1.29 is 9.53 Å². The lowest BCUT2D eigenvalue weighted by Crippen LogP contribution is -2.15. The van der Waals surface area contributed by atoms with Crippen LogP contribution < -0.4 is 0 Å². The van der Waals surface area contributed by atoms with Crippen LogP contribution >= 0.6 is 15.9 Å². The fourth-order valence-electron chi connectivity index (χ4n) is 5.85. The highest BCUT2D eigenvalue weighted by atomic mass is 79.9. The van der Waals surface area contributed by atoms with Crippen LogP contribution in [-0.4, -0.2) is 33.0 Å². The number of H-pyrrole nitrogens is 2. The smallest absolute Gasteiger partial charge is 0.340 e. The van der Waals surface area contributed by atoms with Gasteiger partial charge in [-0.1, -0.05) is 31.5 Å². The number of benzene rings is 1. The van der Waals surface area contributed by atoms with Gasteiger partial charge >= 0.3 is 5.97 Å². The maximum absolute atomic E-state index is 13.1. The Bertz CT molecular complexity index is 1890. The topological polar surface area (TPSA) is 83.7 Å². The number of hydrogen-bond donors (Lipinski definition) is 2. The standard InChI is InChI=1S/C33H31BrN4O2/c1-17-11-18(2)28(19(3)12-17)29-24-10-9-21(36-24)13-20-7-8-22(35-20)14-27-33(4,5)16-26(37-27)30(34)31-23(32(39)40-6)15-25(29)38-31/h7-15,35-36H,16H2,1-6H3. The number of aryl methyl sites for hydroxylation is 3. The fraction of sp³-hybridized carbons (Fsp3) is 0.242. The Hall–Kier alpha value is -3.97. The summed E-state index contributed by atoms with van der Waals surface area (Å²) < 4.78 is 5.91. The van der Waals surface area contributed by atoms with E-state index in [9.17, 15) is 4.79 Å². The molecule has 8 bridgehead atoms. The van der Waals surface area contributed by atoms with Gasteiger partial charge in [-0.15, -0.1) is 0 Å². The van der Waals surface area contributed by atoms with Crippen LogP contribution in [0.5, 0.6) is 0 Å². The summed E-state index contributed by atoms with van der Waals surface area (Å²) in [5.74, 6) is -0.437. The molecule has 0 spiro atoms. The number of aromatic amines is 2. The maximum atomic E-state index is 13.1. The molecule has 2 aliphatic rings. The van der Waals surface area contributed by atoms with Gasteiger partial charge in [0.2, 0.25) is 0 Å². The molecule has 0 fully saturated rings. The molecule has 40 heavy (non-hydrogen) atoms. The number of nitrogens with one attached hydrogen (secondary N) is 2. The van der Waals surface area contributed by atoms with Crippen molar-refractivity contribution in [2.24, 2.45) is 0 Å². The Kier molecular flexibility index (Phi) is 6.30. The number of aromatic nitrogens is 4. The minimum atomic E-state index is -0.437. The van der Waals surface area contributed by atoms with E-state index < -0.39 is 5.97 Å². The number of nitrogens with zero attached hydrogens (tertiary/aromatic N) is 2. The monoisotopic (exact) mass is 594 g/mol. The van der Waals surface area contributed by atoms with Gasteiger partial charge in [0.1, 0.15) is 0 Å². The Labute approximate surface area is 241 Å². The van der Waals surface area contributed by atoms with Crippen molar-refractivity contribution in [1.29, 1.82) is 0 Å². The lowest BCUT2D eigenvalue weighted by molar-refractivity contribution is -0.133. The predicted octanol–water partition coefficient (Wildman–Crippen LogP) is 7.90. The molecule has 0 amide bonds. The number of hydrogen-bond acceptors (Lipinski definition) is 4. The Morgan fingerprint density at radius 1 is 0.900 bits per heavy atom. The van der Waals surface area contributed by atoms with Crippen LogP contribution in [0.3, 0.4) is 0 Å². The number of esters is 1. The van der Waals surface area contributed by atoms with E-state index in [1.165, 1.54) is 12.7 Å². The number of fused-ring (bicyclic) bond motifs is 8. The Balaban J connectivity index is 1.82. The van der Waals surface area contributed by atoms with Crippen LogP contribution in [0.1, 0.15) is 53.3 Å². The van der Waals surface area contributed by atoms with Crippen LogP contribution in [-0.2, 0) is 21.4 Å². The second-order valence-electron chi connectivity index (χ2n) is 11.3. The van der Waals surface area contributed by atoms with Crippen LogP contribution in [0.15, 0.2) is 53.0 Å². The molecular weight excluding hydrogens is 564 g/mol. The first-order valence-corrected chi connectivity index (χ1v) is 14.1. The summed E-state index contributed by atoms with van der Waals surface area (Å²) in [6, 6.07) is 16.8. The zero-order valence-electron chi connectivity index (χ0n) is 23.5. The van der Waals surface area contributed by atoms with Crippen molar-refractivity contribution in [3.63, 3.8) is 0 Å². The van der Waals surface area contributed by atoms with Crippen LogP contribution in [0.4, 0.5) is 0 Å². The summed E-state index contributed by atoms with van der Waals surface area (Å²) in [6.45, 7) is 10.7. The first-order valence-electron chi connectivity index (χ1n) is 13.3. The molecule has 202 valence electrons. The summed E-state index contributed by atoms with van der Waals surface area (Å²) in [5.41, 5.74) is 12.6. The van der Waals surface area contributed by atoms with Gasteiger partial charge < -0.3 is 14.7 Å². The molecule has 0 unspecified atom stereocenters. The van der Waals surface area contributed by atoms with Crippen molar-refractivity contribution >= 4 is 55.6 Å². The van der Waals surface area contributed by atoms with Gasteiger partial charge in [0, 0.05) is 45.2 Å². The highest BCUT2D eigenvalue weighted by Gasteiger charge is 2.32. The average Bonchev–Trinajstić information content (AvgIpc) is 3.68. The molecule has 3 aromatic heterocycles. The second-order valence-corrected chi connectivity index (χ2v) is 12.1. The van der Waals surface area contributed by atoms with E-state index >= 15 is 0 Å². The Morgan fingerprint density at radius 2 is 1.55 bits per heavy atom. The van der Waals surface area contributed by atoms with E-state index in [1.54, 1.807) is 0 Å². The molecule has 0 atom stereocenters. The molecular formula is C33H31BrN4O2. The summed E-state index contributed by atoms with van der Waals surface area (Å²) in [5, 5.41) is 0. The zero-order valence-corrected chi connectivity index (χ0v) is 25.1. The van der Waals surface area contributed by atoms with Crippen molar-refractivity contribution in [3.8, 4) is 11.1 Å². The van der Waals surface area contributed by atoms with Crippen LogP contribution in [0.25, 0.3) is 44.8 Å². The van der Waals surface area contributed by atoms with Gasteiger partial charge in [-0.3, -0.25) is 4.98 Å². The van der Waals surface area contributed by atoms with Gasteiger partial charge in [0.15, 0.2) is 0 Å². The lowest BCUT2D eigenvalue weighted by atomic mass is 9.87. The number of ether oxygens (including phenoxy) is 1. The minimum absolute atomic E-state index is 0.195. The molecule has 7 heteroatoms. The quantitative estimate of drug-likeness (QED) is 0.231. The molecule has 2 aliphatic heterocycles. The van der Waals surface area contributed by atoms with Crippen molar-refractivity contribution in [2.75, 3.05) is 7.11 Å². The summed E-state index contributed by atoms with van der Waals surface area (Å²) in [4.78, 5) is 30.3. The SMILES string of the molecule is COC(=O)C1=Cc2nc1c(Br)c1nc(cc3ccc(cc4ccc([nH]4)c2-c2c(C)cc(C)cc2C)[nH]3)C(C)(C)C1. The van der Waals surface area contributed by atoms with Gasteiger partial charge in [-0.05, 0) is 95.9 Å². The van der Waals surface area contributed by atoms with Gasteiger partial charge in [0.25, 0.3) is 0 Å². The van der Waals surface area contributed by atoms with E-state index in [0.29, 0.717) is 27.9 Å². The number of rotatable bonds is 2. The molecule has 0 aliphatic carbocycles. The molecule has 1 aromatic carbocycles. The third-order valence-electron chi connectivity index (χ3n) is 7.69. The molecule has 2 N–H and O–H groups in total. The highest BCUT2D eigenvalue weighted by Crippen LogP contribution is 2.40. The van der Waals surface area contributed by atoms with Gasteiger partial charge in [0.05, 0.1) is 34.2 Å². The number of carbonyl (C=O) groups excluding carboxylic acids is 1. The van der Waals surface area contributed by atoms with E-state index in [1.807, 2.05) is 6.08 Å². The maximum Gasteiger partial charge on any atom is 0.340 e. The Morgan fingerprint density at radius 3 is 2.25 bits per heavy atom. The van der Waals surface area contributed by atoms with Crippen LogP contribution in [0, 0.1) is 20.8 Å². The van der Waals surface area contributed by atoms with Crippen molar-refractivity contribution in [1.82, 2.24) is 19.9 Å². The summed E-state index contributed by atoms with van der Waals surface area (Å²) in [7, 11) is 1.40. The molecule has 0 saturated heterocycles. The molecule has 6 rings (SSSR count). The molecule has 0 saturated carbocycles. The van der Waals surface area contributed by atoms with E-state index in [4.69, 9.17) is 14.7 Å². The van der Waals surface area contributed by atoms with E-state index in [0.717, 1.165) is 55.7 Å². The lowest BCUT2D eigenvalue weighted by Gasteiger charge is -2.16. The summed E-state index contributed by atoms with van der Waals surface area (Å²) in [6.07, 6.45) is 2.54. The number of methoxy groups -OCH3 is 1. The van der Waals surface area contributed by atoms with Crippen molar-refractivity contribution in [3.05, 3.63) is 92.5 Å². The first-order chi connectivity index (χ1) is 19.0. The third-order valence-corrected chi connectivity index (χ3v) is 8.52. The van der Waals surface area contributed by atoms with Gasteiger partial charge in [-0.25, -0.2) is 9.78 Å². The minimum Gasteiger partial charge on any atom is -0.465 e. The largest absolute Gasteiger partial charge is 0.465 e. The summed E-state index contributed by atoms with van der Waals surface area (Å²) >= 11 is 3.80. The molecule has 5 heterocycles. The number of halogens is 1. The van der Waals surface area contributed by atoms with Gasteiger partial charge in [-0.2, -0.15) is 0 Å². The zero-order chi connectivity index (χ0) is 28.3. The molecule has 6 nitrogen and oxygen atoms in total. The fourth-order valence-corrected chi connectivity index (χ4v) is 6.38. The van der Waals surface area contributed by atoms with Crippen molar-refractivity contribution in [2.45, 2.75) is 46.5 Å². The highest BCUT2D eigenvalue weighted by molar-refractivity contribution is 9.10. The third kappa shape index (κ3) is 4.48. The average molecular weight is 596 g/mol. The predicted molar refractivity (Wildman–Crippen MR) is 165 cm³/mol. The van der Waals surface area contributed by atoms with Crippen LogP contribution in [0.2, 0.25) is 0 Å². The second kappa shape index (κ2) is 9.59. The number of carbonyl (C=O) groups is 1. The normalized spacial score (nSPS) is 14.2. The molecule has 4 aromatic rings. The van der Waals surface area contributed by atoms with E-state index in [-0.39, 0.29) is 5.41 Å².